The average molecular weight is 227 g/mol. The summed E-state index contributed by atoms with van der Waals surface area (Å²) < 4.78 is 9.72. The summed E-state index contributed by atoms with van der Waals surface area (Å²) in [6.07, 6.45) is 2.03. The zero-order valence-electron chi connectivity index (χ0n) is 9.60. The van der Waals surface area contributed by atoms with Crippen LogP contribution in [0, 0.1) is 5.92 Å². The maximum Gasteiger partial charge on any atom is 0.309 e. The molecule has 1 unspecified atom stereocenters. The first-order valence-electron chi connectivity index (χ1n) is 5.37. The summed E-state index contributed by atoms with van der Waals surface area (Å²) in [6, 6.07) is 0. The van der Waals surface area contributed by atoms with Crippen LogP contribution in [-0.2, 0) is 16.0 Å². The molecule has 1 aromatic heterocycles. The summed E-state index contributed by atoms with van der Waals surface area (Å²) in [4.78, 5) is 15.2. The third kappa shape index (κ3) is 4.39. The molecule has 6 nitrogen and oxygen atoms in total. The van der Waals surface area contributed by atoms with Gasteiger partial charge in [0.25, 0.3) is 0 Å². The van der Waals surface area contributed by atoms with Gasteiger partial charge in [0.2, 0.25) is 5.89 Å². The molecule has 1 aromatic rings. The fourth-order valence-corrected chi connectivity index (χ4v) is 1.19. The minimum absolute atomic E-state index is 0.136. The Morgan fingerprint density at radius 1 is 1.69 bits per heavy atom. The van der Waals surface area contributed by atoms with Crippen molar-refractivity contribution in [3.05, 3.63) is 12.2 Å². The number of carbonyl (C=O) groups is 1. The van der Waals surface area contributed by atoms with Crippen molar-refractivity contribution < 1.29 is 14.1 Å². The van der Waals surface area contributed by atoms with E-state index in [2.05, 4.69) is 15.5 Å². The van der Waals surface area contributed by atoms with Gasteiger partial charge in [-0.15, -0.1) is 0 Å². The molecule has 0 aromatic carbocycles. The number of nitrogens with zero attached hydrogens (tertiary/aromatic N) is 2. The molecule has 6 heteroatoms. The van der Waals surface area contributed by atoms with Gasteiger partial charge in [-0.3, -0.25) is 4.79 Å². The van der Waals surface area contributed by atoms with E-state index in [4.69, 9.17) is 9.26 Å². The fraction of sp³-hybridized carbons (Fsp3) is 0.700. The van der Waals surface area contributed by atoms with E-state index in [1.165, 1.54) is 6.33 Å². The molecule has 1 rings (SSSR count). The molecule has 0 aliphatic rings. The number of nitrogens with one attached hydrogen (secondary N) is 1. The Morgan fingerprint density at radius 3 is 3.12 bits per heavy atom. The number of ether oxygens (including phenoxy) is 1. The number of aromatic nitrogens is 2. The van der Waals surface area contributed by atoms with Gasteiger partial charge < -0.3 is 14.6 Å². The highest BCUT2D eigenvalue weighted by Crippen LogP contribution is 1.97. The maximum atomic E-state index is 11.3. The number of hydrogen-bond acceptors (Lipinski definition) is 6. The zero-order valence-corrected chi connectivity index (χ0v) is 9.60. The van der Waals surface area contributed by atoms with E-state index < -0.39 is 0 Å². The van der Waals surface area contributed by atoms with Crippen molar-refractivity contribution in [3.8, 4) is 0 Å². The molecule has 0 radical (unpaired) electrons. The van der Waals surface area contributed by atoms with Gasteiger partial charge >= 0.3 is 5.97 Å². The van der Waals surface area contributed by atoms with E-state index in [1.54, 1.807) is 6.92 Å². The second-order valence-corrected chi connectivity index (χ2v) is 3.44. The minimum atomic E-state index is -0.173. The normalized spacial score (nSPS) is 12.4. The van der Waals surface area contributed by atoms with E-state index >= 15 is 0 Å². The largest absolute Gasteiger partial charge is 0.466 e. The Labute approximate surface area is 94.4 Å². The predicted octanol–water partition coefficient (Wildman–Crippen LogP) is 0.401. The summed E-state index contributed by atoms with van der Waals surface area (Å²) in [5, 5.41) is 6.63. The molecule has 1 heterocycles. The van der Waals surface area contributed by atoms with Crippen molar-refractivity contribution >= 4 is 5.97 Å². The summed E-state index contributed by atoms with van der Waals surface area (Å²) in [5.74, 6) is 0.284. The van der Waals surface area contributed by atoms with Gasteiger partial charge in [0.15, 0.2) is 6.33 Å². The topological polar surface area (TPSA) is 77.2 Å². The van der Waals surface area contributed by atoms with Crippen molar-refractivity contribution in [2.24, 2.45) is 5.92 Å². The van der Waals surface area contributed by atoms with Crippen LogP contribution in [0.3, 0.4) is 0 Å². The zero-order chi connectivity index (χ0) is 11.8. The predicted molar refractivity (Wildman–Crippen MR) is 56.7 cm³/mol. The van der Waals surface area contributed by atoms with E-state index in [0.29, 0.717) is 32.0 Å². The number of esters is 1. The van der Waals surface area contributed by atoms with Crippen LogP contribution in [0.15, 0.2) is 10.9 Å². The Kier molecular flexibility index (Phi) is 5.49. The second kappa shape index (κ2) is 6.95. The van der Waals surface area contributed by atoms with Crippen LogP contribution < -0.4 is 5.32 Å². The number of rotatable bonds is 7. The van der Waals surface area contributed by atoms with Gasteiger partial charge in [-0.25, -0.2) is 0 Å². The molecule has 0 aliphatic heterocycles. The highest BCUT2D eigenvalue weighted by molar-refractivity contribution is 5.72. The number of carbonyl (C=O) groups excluding carboxylic acids is 1. The van der Waals surface area contributed by atoms with Crippen LogP contribution in [0.5, 0.6) is 0 Å². The smallest absolute Gasteiger partial charge is 0.309 e. The van der Waals surface area contributed by atoms with Crippen molar-refractivity contribution in [2.75, 3.05) is 19.7 Å². The Bertz CT molecular complexity index is 300. The van der Waals surface area contributed by atoms with Crippen LogP contribution in [0.1, 0.15) is 19.7 Å². The molecular weight excluding hydrogens is 210 g/mol. The van der Waals surface area contributed by atoms with Crippen LogP contribution in [0.25, 0.3) is 0 Å². The van der Waals surface area contributed by atoms with Gasteiger partial charge in [0.05, 0.1) is 12.5 Å². The third-order valence-corrected chi connectivity index (χ3v) is 2.06. The van der Waals surface area contributed by atoms with Gasteiger partial charge in [0.1, 0.15) is 0 Å². The lowest BCUT2D eigenvalue weighted by molar-refractivity contribution is -0.147. The minimum Gasteiger partial charge on any atom is -0.466 e. The molecule has 0 bridgehead atoms. The first kappa shape index (κ1) is 12.6. The van der Waals surface area contributed by atoms with Gasteiger partial charge in [0, 0.05) is 19.5 Å². The standard InChI is InChI=1S/C10H17N3O3/c1-3-15-10(14)8(2)6-11-5-4-9-12-7-13-16-9/h7-8,11H,3-6H2,1-2H3. The van der Waals surface area contributed by atoms with Crippen LogP contribution in [-0.4, -0.2) is 35.8 Å². The first-order chi connectivity index (χ1) is 7.74. The van der Waals surface area contributed by atoms with Crippen LogP contribution in [0.2, 0.25) is 0 Å². The molecule has 0 spiro atoms. The fourth-order valence-electron chi connectivity index (χ4n) is 1.19. The second-order valence-electron chi connectivity index (χ2n) is 3.44. The number of hydrogen-bond donors (Lipinski definition) is 1. The monoisotopic (exact) mass is 227 g/mol. The average Bonchev–Trinajstić information content (AvgIpc) is 2.77. The summed E-state index contributed by atoms with van der Waals surface area (Å²) in [6.45, 7) is 5.34. The molecule has 0 fully saturated rings. The molecular formula is C10H17N3O3. The SMILES string of the molecule is CCOC(=O)C(C)CNCCc1ncno1. The van der Waals surface area contributed by atoms with Crippen molar-refractivity contribution in [1.82, 2.24) is 15.5 Å². The lowest BCUT2D eigenvalue weighted by Gasteiger charge is -2.10. The van der Waals surface area contributed by atoms with Gasteiger partial charge in [-0.05, 0) is 6.92 Å². The highest BCUT2D eigenvalue weighted by Gasteiger charge is 2.12. The molecule has 0 saturated carbocycles. The molecule has 0 saturated heterocycles. The lowest BCUT2D eigenvalue weighted by atomic mass is 10.2. The van der Waals surface area contributed by atoms with Crippen LogP contribution in [0.4, 0.5) is 0 Å². The van der Waals surface area contributed by atoms with Crippen molar-refractivity contribution in [2.45, 2.75) is 20.3 Å². The maximum absolute atomic E-state index is 11.3. The molecule has 0 amide bonds. The van der Waals surface area contributed by atoms with Crippen molar-refractivity contribution in [3.63, 3.8) is 0 Å². The molecule has 0 aliphatic carbocycles. The van der Waals surface area contributed by atoms with Crippen molar-refractivity contribution in [1.29, 1.82) is 0 Å². The first-order valence-corrected chi connectivity index (χ1v) is 5.37. The van der Waals surface area contributed by atoms with Gasteiger partial charge in [-0.1, -0.05) is 12.1 Å². The molecule has 1 atom stereocenters. The summed E-state index contributed by atoms with van der Waals surface area (Å²) >= 11 is 0. The molecule has 90 valence electrons. The van der Waals surface area contributed by atoms with E-state index in [-0.39, 0.29) is 11.9 Å². The van der Waals surface area contributed by atoms with Crippen LogP contribution >= 0.6 is 0 Å². The summed E-state index contributed by atoms with van der Waals surface area (Å²) in [7, 11) is 0. The molecule has 1 N–H and O–H groups in total. The Balaban J connectivity index is 2.08. The van der Waals surface area contributed by atoms with E-state index in [9.17, 15) is 4.79 Å². The lowest BCUT2D eigenvalue weighted by Crippen LogP contribution is -2.29. The highest BCUT2D eigenvalue weighted by atomic mass is 16.5. The molecule has 16 heavy (non-hydrogen) atoms. The quantitative estimate of drug-likeness (QED) is 0.536. The van der Waals surface area contributed by atoms with E-state index in [1.807, 2.05) is 6.92 Å². The third-order valence-electron chi connectivity index (χ3n) is 2.06. The van der Waals surface area contributed by atoms with E-state index in [0.717, 1.165) is 0 Å². The Morgan fingerprint density at radius 2 is 2.50 bits per heavy atom. The summed E-state index contributed by atoms with van der Waals surface area (Å²) in [5.41, 5.74) is 0. The Hall–Kier alpha value is -1.43. The van der Waals surface area contributed by atoms with Gasteiger partial charge in [-0.2, -0.15) is 4.98 Å².